The zero-order valence-electron chi connectivity index (χ0n) is 14.8. The zero-order chi connectivity index (χ0) is 22.6. The standard InChI is InChI=1S/C12H18.2CHF3O3S.Pd/c1-2-3-9-12-10-7-5-4-6-8-11-12;2*2-1(3,4)8(5,6)7;/h2-5,11H,6-10H2,1H3;2*(H,5,6,7);/q;;;+2/p-2. The number of hydrogen-bond donors (Lipinski definition) is 0. The molecule has 0 aromatic heterocycles. The van der Waals surface area contributed by atoms with Crippen molar-refractivity contribution in [3.63, 3.8) is 0 Å². The van der Waals surface area contributed by atoms with Crippen LogP contribution in [0.3, 0.4) is 0 Å². The summed E-state index contributed by atoms with van der Waals surface area (Å²) in [5.74, 6) is 0. The van der Waals surface area contributed by atoms with Crippen LogP contribution in [0.2, 0.25) is 0 Å². The molecule has 6 nitrogen and oxygen atoms in total. The number of halogens is 6. The van der Waals surface area contributed by atoms with Crippen molar-refractivity contribution in [3.8, 4) is 0 Å². The first-order valence-corrected chi connectivity index (χ1v) is 10.2. The predicted octanol–water partition coefficient (Wildman–Crippen LogP) is 4.11. The first-order chi connectivity index (χ1) is 12.4. The Balaban J connectivity index is -0.000000357. The van der Waals surface area contributed by atoms with E-state index in [9.17, 15) is 26.3 Å². The van der Waals surface area contributed by atoms with Crippen LogP contribution in [0.1, 0.15) is 39.0 Å². The number of hydrogen-bond acceptors (Lipinski definition) is 6. The van der Waals surface area contributed by atoms with Crippen LogP contribution in [-0.4, -0.2) is 37.0 Å². The minimum Gasteiger partial charge on any atom is -0.741 e. The van der Waals surface area contributed by atoms with Crippen molar-refractivity contribution < 1.29 is 72.7 Å². The molecule has 0 amide bonds. The first-order valence-electron chi connectivity index (χ1n) is 7.41. The van der Waals surface area contributed by atoms with Gasteiger partial charge in [0.15, 0.2) is 20.2 Å². The van der Waals surface area contributed by atoms with Crippen LogP contribution in [0, 0.1) is 0 Å². The molecule has 1 aliphatic carbocycles. The van der Waals surface area contributed by atoms with Crippen LogP contribution >= 0.6 is 0 Å². The van der Waals surface area contributed by atoms with Gasteiger partial charge in [-0.1, -0.05) is 36.0 Å². The summed E-state index contributed by atoms with van der Waals surface area (Å²) >= 11 is 0. The molecule has 0 unspecified atom stereocenters. The van der Waals surface area contributed by atoms with E-state index in [0.717, 1.165) is 6.42 Å². The molecular formula is C14H18F6O6PdS2. The van der Waals surface area contributed by atoms with E-state index in [1.165, 1.54) is 25.7 Å². The Morgan fingerprint density at radius 2 is 1.28 bits per heavy atom. The van der Waals surface area contributed by atoms with Crippen molar-refractivity contribution in [1.29, 1.82) is 0 Å². The Kier molecular flexibility index (Phi) is 16.3. The minimum atomic E-state index is -6.09. The van der Waals surface area contributed by atoms with Gasteiger partial charge in [-0.05, 0) is 39.0 Å². The maximum Gasteiger partial charge on any atom is 2.00 e. The average Bonchev–Trinajstić information content (AvgIpc) is 2.43. The molecule has 174 valence electrons. The second kappa shape index (κ2) is 14.3. The molecule has 29 heavy (non-hydrogen) atoms. The molecular weight excluding hydrogens is 549 g/mol. The minimum absolute atomic E-state index is 0. The van der Waals surface area contributed by atoms with Gasteiger partial charge < -0.3 is 9.11 Å². The Labute approximate surface area is 178 Å². The molecule has 0 aromatic rings. The topological polar surface area (TPSA) is 114 Å². The quantitative estimate of drug-likeness (QED) is 0.163. The number of allylic oxidation sites excluding steroid dienone is 6. The second-order valence-electron chi connectivity index (χ2n) is 5.02. The van der Waals surface area contributed by atoms with E-state index >= 15 is 0 Å². The average molecular weight is 567 g/mol. The van der Waals surface area contributed by atoms with Crippen LogP contribution in [0.25, 0.3) is 0 Å². The third kappa shape index (κ3) is 17.8. The van der Waals surface area contributed by atoms with Crippen molar-refractivity contribution in [2.75, 3.05) is 0 Å². The van der Waals surface area contributed by atoms with Gasteiger partial charge in [0.1, 0.15) is 0 Å². The van der Waals surface area contributed by atoms with Gasteiger partial charge in [-0.25, -0.2) is 16.8 Å². The van der Waals surface area contributed by atoms with Gasteiger partial charge in [0.2, 0.25) is 0 Å². The van der Waals surface area contributed by atoms with E-state index in [0.29, 0.717) is 0 Å². The molecule has 0 heterocycles. The molecule has 0 aliphatic heterocycles. The third-order valence-electron chi connectivity index (χ3n) is 2.75. The van der Waals surface area contributed by atoms with Crippen LogP contribution in [0.15, 0.2) is 36.0 Å². The largest absolute Gasteiger partial charge is 2.00 e. The summed E-state index contributed by atoms with van der Waals surface area (Å²) in [7, 11) is -12.2. The Morgan fingerprint density at radius 1 is 0.897 bits per heavy atom. The smallest absolute Gasteiger partial charge is 0.741 e. The van der Waals surface area contributed by atoms with Crippen LogP contribution < -0.4 is 0 Å². The maximum absolute atomic E-state index is 10.7. The number of alkyl halides is 6. The summed E-state index contributed by atoms with van der Waals surface area (Å²) in [5, 5.41) is 0. The molecule has 0 aromatic carbocycles. The van der Waals surface area contributed by atoms with Gasteiger partial charge >= 0.3 is 31.4 Å². The number of rotatable bonds is 2. The van der Waals surface area contributed by atoms with Gasteiger partial charge in [0.25, 0.3) is 0 Å². The van der Waals surface area contributed by atoms with E-state index in [-0.39, 0.29) is 20.4 Å². The summed E-state index contributed by atoms with van der Waals surface area (Å²) in [6, 6.07) is 0. The molecule has 0 atom stereocenters. The Hall–Kier alpha value is -0.718. The van der Waals surface area contributed by atoms with Crippen LogP contribution in [0.4, 0.5) is 26.3 Å². The van der Waals surface area contributed by atoms with Gasteiger partial charge in [-0.3, -0.25) is 0 Å². The van der Waals surface area contributed by atoms with Crippen molar-refractivity contribution in [2.24, 2.45) is 0 Å². The zero-order valence-corrected chi connectivity index (χ0v) is 18.0. The third-order valence-corrected chi connectivity index (χ3v) is 3.88. The Morgan fingerprint density at radius 3 is 1.62 bits per heavy atom. The molecule has 0 spiro atoms. The molecule has 1 aliphatic rings. The normalized spacial score (nSPS) is 15.6. The van der Waals surface area contributed by atoms with Crippen LogP contribution in [0.5, 0.6) is 0 Å². The van der Waals surface area contributed by atoms with Crippen molar-refractivity contribution in [1.82, 2.24) is 0 Å². The monoisotopic (exact) mass is 566 g/mol. The maximum atomic E-state index is 10.7. The Bertz CT molecular complexity index is 710. The van der Waals surface area contributed by atoms with Gasteiger partial charge in [0.05, 0.1) is 0 Å². The van der Waals surface area contributed by atoms with E-state index in [1.807, 2.05) is 0 Å². The fourth-order valence-electron chi connectivity index (χ4n) is 1.44. The van der Waals surface area contributed by atoms with Crippen molar-refractivity contribution in [3.05, 3.63) is 36.0 Å². The summed E-state index contributed by atoms with van der Waals surface area (Å²) in [6.45, 7) is 2.09. The van der Waals surface area contributed by atoms with Crippen molar-refractivity contribution >= 4 is 20.2 Å². The summed E-state index contributed by atoms with van der Waals surface area (Å²) in [4.78, 5) is 0. The molecule has 0 N–H and O–H groups in total. The molecule has 0 fully saturated rings. The molecule has 1 rings (SSSR count). The molecule has 0 bridgehead atoms. The SMILES string of the molecule is CC=CCC1=CCCC=CCC1.O=S(=O)([O-])C(F)(F)F.O=S(=O)([O-])C(F)(F)F.[Pd+2]. The first kappa shape index (κ1) is 32.9. The summed E-state index contributed by atoms with van der Waals surface area (Å²) in [6.07, 6.45) is 17.5. The van der Waals surface area contributed by atoms with Gasteiger partial charge in [-0.15, -0.1) is 0 Å². The second-order valence-corrected chi connectivity index (χ2v) is 7.77. The summed E-state index contributed by atoms with van der Waals surface area (Å²) < 4.78 is 118. The van der Waals surface area contributed by atoms with Gasteiger partial charge in [-0.2, -0.15) is 26.3 Å². The van der Waals surface area contributed by atoms with E-state index in [4.69, 9.17) is 25.9 Å². The molecule has 0 radical (unpaired) electrons. The van der Waals surface area contributed by atoms with Crippen LogP contribution in [-0.2, 0) is 40.7 Å². The molecule has 15 heteroatoms. The van der Waals surface area contributed by atoms with E-state index in [2.05, 4.69) is 37.3 Å². The fourth-order valence-corrected chi connectivity index (χ4v) is 1.44. The fraction of sp³-hybridized carbons (Fsp3) is 0.571. The predicted molar refractivity (Wildman–Crippen MR) is 86.6 cm³/mol. The molecule has 0 saturated heterocycles. The van der Waals surface area contributed by atoms with Crippen molar-refractivity contribution in [2.45, 2.75) is 50.0 Å². The summed E-state index contributed by atoms with van der Waals surface area (Å²) in [5.41, 5.74) is -9.68. The van der Waals surface area contributed by atoms with Gasteiger partial charge in [0, 0.05) is 0 Å². The van der Waals surface area contributed by atoms with E-state index in [1.54, 1.807) is 5.57 Å². The van der Waals surface area contributed by atoms with E-state index < -0.39 is 31.3 Å². The molecule has 0 saturated carbocycles.